The molecule has 32 heavy (non-hydrogen) atoms. The molecule has 3 heterocycles. The van der Waals surface area contributed by atoms with Gasteiger partial charge in [-0.05, 0) is 42.0 Å². The van der Waals surface area contributed by atoms with Crippen molar-refractivity contribution in [2.45, 2.75) is 13.1 Å². The minimum absolute atomic E-state index is 0.162. The quantitative estimate of drug-likeness (QED) is 0.565. The molecule has 7 heteroatoms. The molecule has 7 nitrogen and oxygen atoms in total. The summed E-state index contributed by atoms with van der Waals surface area (Å²) >= 11 is 0. The van der Waals surface area contributed by atoms with Gasteiger partial charge in [0.1, 0.15) is 29.7 Å². The molecule has 0 unspecified atom stereocenters. The molecular formula is C25H22N2O5. The molecule has 2 aliphatic heterocycles. The first-order valence-electron chi connectivity index (χ1n) is 10.2. The van der Waals surface area contributed by atoms with E-state index >= 15 is 0 Å². The van der Waals surface area contributed by atoms with Crippen LogP contribution in [0.15, 0.2) is 60.6 Å². The molecule has 2 aromatic carbocycles. The van der Waals surface area contributed by atoms with Crippen LogP contribution in [-0.2, 0) is 13.1 Å². The zero-order valence-electron chi connectivity index (χ0n) is 17.8. The van der Waals surface area contributed by atoms with Crippen molar-refractivity contribution in [2.75, 3.05) is 21.0 Å². The summed E-state index contributed by atoms with van der Waals surface area (Å²) in [6.45, 7) is 1.76. The van der Waals surface area contributed by atoms with Crippen LogP contribution in [0.1, 0.15) is 27.0 Å². The zero-order valence-corrected chi connectivity index (χ0v) is 17.8. The second-order valence-electron chi connectivity index (χ2n) is 7.59. The molecule has 1 aromatic heterocycles. The number of nitrogens with zero attached hydrogens (tertiary/aromatic N) is 2. The van der Waals surface area contributed by atoms with Gasteiger partial charge in [0.25, 0.3) is 0 Å². The normalized spacial score (nSPS) is 16.2. The van der Waals surface area contributed by atoms with Crippen molar-refractivity contribution in [1.29, 1.82) is 0 Å². The number of aromatic nitrogens is 1. The first-order chi connectivity index (χ1) is 15.7. The largest absolute Gasteiger partial charge is 0.497 e. The number of ether oxygens (including phenoxy) is 4. The fourth-order valence-corrected chi connectivity index (χ4v) is 3.93. The maximum Gasteiger partial charge on any atom is 0.231 e. The number of Topliss-reactive ketones (excluding diaryl/α,β-unsaturated/α-hetero) is 1. The van der Waals surface area contributed by atoms with Crippen molar-refractivity contribution in [1.82, 2.24) is 9.88 Å². The number of methoxy groups -OCH3 is 2. The third-order valence-corrected chi connectivity index (χ3v) is 5.54. The molecule has 0 radical (unpaired) electrons. The van der Waals surface area contributed by atoms with Gasteiger partial charge in [-0.25, -0.2) is 0 Å². The molecular weight excluding hydrogens is 408 g/mol. The number of carbonyl (C=O) groups is 1. The number of hydrogen-bond donors (Lipinski definition) is 0. The fourth-order valence-electron chi connectivity index (χ4n) is 3.93. The number of pyridine rings is 1. The Labute approximate surface area is 185 Å². The Morgan fingerprint density at radius 3 is 2.84 bits per heavy atom. The predicted molar refractivity (Wildman–Crippen MR) is 118 cm³/mol. The van der Waals surface area contributed by atoms with E-state index in [1.807, 2.05) is 36.5 Å². The van der Waals surface area contributed by atoms with Crippen LogP contribution < -0.4 is 18.9 Å². The Kier molecular flexibility index (Phi) is 5.25. The first kappa shape index (κ1) is 20.1. The van der Waals surface area contributed by atoms with Crippen LogP contribution in [0.25, 0.3) is 6.08 Å². The smallest absolute Gasteiger partial charge is 0.231 e. The Morgan fingerprint density at radius 1 is 1.16 bits per heavy atom. The van der Waals surface area contributed by atoms with Gasteiger partial charge in [-0.3, -0.25) is 14.7 Å². The summed E-state index contributed by atoms with van der Waals surface area (Å²) in [5.74, 6) is 2.65. The Bertz CT molecular complexity index is 1210. The van der Waals surface area contributed by atoms with Gasteiger partial charge in [0.2, 0.25) is 5.78 Å². The van der Waals surface area contributed by atoms with Crippen molar-refractivity contribution < 1.29 is 23.7 Å². The van der Waals surface area contributed by atoms with E-state index in [1.54, 1.807) is 38.6 Å². The minimum Gasteiger partial charge on any atom is -0.497 e. The highest BCUT2D eigenvalue weighted by molar-refractivity contribution is 6.15. The van der Waals surface area contributed by atoms with Gasteiger partial charge < -0.3 is 18.9 Å². The summed E-state index contributed by atoms with van der Waals surface area (Å²) in [6.07, 6.45) is 5.29. The van der Waals surface area contributed by atoms with Gasteiger partial charge in [-0.1, -0.05) is 6.07 Å². The van der Waals surface area contributed by atoms with E-state index in [0.29, 0.717) is 42.6 Å². The molecule has 162 valence electrons. The number of benzene rings is 2. The first-order valence-corrected chi connectivity index (χ1v) is 10.2. The maximum atomic E-state index is 13.1. The van der Waals surface area contributed by atoms with E-state index in [9.17, 15) is 4.79 Å². The van der Waals surface area contributed by atoms with Crippen molar-refractivity contribution in [3.63, 3.8) is 0 Å². The molecule has 5 rings (SSSR count). The second-order valence-corrected chi connectivity index (χ2v) is 7.59. The van der Waals surface area contributed by atoms with E-state index in [-0.39, 0.29) is 11.5 Å². The highest BCUT2D eigenvalue weighted by Gasteiger charge is 2.33. The molecule has 0 atom stereocenters. The van der Waals surface area contributed by atoms with Crippen molar-refractivity contribution in [3.05, 3.63) is 82.9 Å². The summed E-state index contributed by atoms with van der Waals surface area (Å²) < 4.78 is 22.7. The number of rotatable bonds is 5. The lowest BCUT2D eigenvalue weighted by atomic mass is 10.0. The number of ketones is 1. The van der Waals surface area contributed by atoms with Crippen molar-refractivity contribution >= 4 is 11.9 Å². The standard InChI is InChI=1S/C25H22N2O5/c1-29-18-6-5-17(22(11-18)30-2)10-23-24(28)19-7-8-21-20(25(19)32-23)14-27(15-31-21)13-16-4-3-9-26-12-16/h3-12H,13-15H2,1-2H3/b23-10-. The number of allylic oxidation sites excluding steroid dienone is 1. The molecule has 3 aromatic rings. The van der Waals surface area contributed by atoms with E-state index in [0.717, 1.165) is 22.4 Å². The topological polar surface area (TPSA) is 70.1 Å². The van der Waals surface area contributed by atoms with Gasteiger partial charge in [0, 0.05) is 37.1 Å². The Hall–Kier alpha value is -3.84. The summed E-state index contributed by atoms with van der Waals surface area (Å²) in [5, 5.41) is 0. The van der Waals surface area contributed by atoms with Gasteiger partial charge in [0.05, 0.1) is 25.3 Å². The molecule has 0 saturated carbocycles. The van der Waals surface area contributed by atoms with E-state index in [4.69, 9.17) is 18.9 Å². The van der Waals surface area contributed by atoms with Crippen LogP contribution in [0.3, 0.4) is 0 Å². The summed E-state index contributed by atoms with van der Waals surface area (Å²) in [4.78, 5) is 19.4. The van der Waals surface area contributed by atoms with E-state index in [1.165, 1.54) is 0 Å². The second kappa shape index (κ2) is 8.36. The lowest BCUT2D eigenvalue weighted by Gasteiger charge is -2.29. The van der Waals surface area contributed by atoms with E-state index < -0.39 is 0 Å². The highest BCUT2D eigenvalue weighted by Crippen LogP contribution is 2.42. The Morgan fingerprint density at radius 2 is 2.06 bits per heavy atom. The van der Waals surface area contributed by atoms with Gasteiger partial charge >= 0.3 is 0 Å². The van der Waals surface area contributed by atoms with Crippen LogP contribution in [0.5, 0.6) is 23.0 Å². The van der Waals surface area contributed by atoms with Gasteiger partial charge in [-0.15, -0.1) is 0 Å². The number of hydrogen-bond acceptors (Lipinski definition) is 7. The average Bonchev–Trinajstić information content (AvgIpc) is 3.15. The third-order valence-electron chi connectivity index (χ3n) is 5.54. The summed E-state index contributed by atoms with van der Waals surface area (Å²) in [7, 11) is 3.17. The van der Waals surface area contributed by atoms with Crippen LogP contribution >= 0.6 is 0 Å². The minimum atomic E-state index is -0.162. The third kappa shape index (κ3) is 3.67. The number of fused-ring (bicyclic) bond motifs is 3. The molecule has 2 aliphatic rings. The zero-order chi connectivity index (χ0) is 22.1. The lowest BCUT2D eigenvalue weighted by molar-refractivity contribution is 0.0872. The van der Waals surface area contributed by atoms with Gasteiger partial charge in [0.15, 0.2) is 5.76 Å². The predicted octanol–water partition coefficient (Wildman–Crippen LogP) is 4.07. The SMILES string of the molecule is COc1ccc(/C=C2\Oc3c(ccc4c3CN(Cc3cccnc3)CO4)C2=O)c(OC)c1. The fraction of sp³-hybridized carbons (Fsp3) is 0.200. The molecule has 0 saturated heterocycles. The Balaban J connectivity index is 1.44. The number of carbonyl (C=O) groups excluding carboxylic acids is 1. The molecule has 0 bridgehead atoms. The maximum absolute atomic E-state index is 13.1. The molecule has 0 N–H and O–H groups in total. The van der Waals surface area contributed by atoms with E-state index in [2.05, 4.69) is 9.88 Å². The van der Waals surface area contributed by atoms with Crippen LogP contribution in [0.2, 0.25) is 0 Å². The molecule has 0 amide bonds. The average molecular weight is 430 g/mol. The molecule has 0 aliphatic carbocycles. The lowest BCUT2D eigenvalue weighted by Crippen LogP contribution is -2.31. The monoisotopic (exact) mass is 430 g/mol. The summed E-state index contributed by atoms with van der Waals surface area (Å²) in [5.41, 5.74) is 3.23. The summed E-state index contributed by atoms with van der Waals surface area (Å²) in [6, 6.07) is 13.0. The van der Waals surface area contributed by atoms with Crippen molar-refractivity contribution in [3.8, 4) is 23.0 Å². The van der Waals surface area contributed by atoms with Crippen LogP contribution in [-0.4, -0.2) is 36.6 Å². The molecule has 0 spiro atoms. The van der Waals surface area contributed by atoms with Crippen molar-refractivity contribution in [2.24, 2.45) is 0 Å². The van der Waals surface area contributed by atoms with Crippen LogP contribution in [0, 0.1) is 0 Å². The molecule has 0 fully saturated rings. The van der Waals surface area contributed by atoms with Crippen LogP contribution in [0.4, 0.5) is 0 Å². The highest BCUT2D eigenvalue weighted by atomic mass is 16.5. The van der Waals surface area contributed by atoms with Gasteiger partial charge in [-0.2, -0.15) is 0 Å².